The highest BCUT2D eigenvalue weighted by atomic mass is 16.5. The molecule has 0 saturated carbocycles. The molecule has 32 heavy (non-hydrogen) atoms. The summed E-state index contributed by atoms with van der Waals surface area (Å²) in [7, 11) is 0. The fourth-order valence-electron chi connectivity index (χ4n) is 3.71. The fourth-order valence-corrected chi connectivity index (χ4v) is 3.71. The molecule has 0 aromatic heterocycles. The zero-order valence-corrected chi connectivity index (χ0v) is 19.1. The highest BCUT2D eigenvalue weighted by molar-refractivity contribution is 5.71. The van der Waals surface area contributed by atoms with E-state index in [2.05, 4.69) is 63.4 Å². The third-order valence-electron chi connectivity index (χ3n) is 5.58. The molecule has 0 saturated heterocycles. The molecule has 1 atom stereocenters. The number of rotatable bonds is 5. The Morgan fingerprint density at radius 3 is 2.25 bits per heavy atom. The lowest BCUT2D eigenvalue weighted by atomic mass is 9.91. The molecule has 2 N–H and O–H groups in total. The van der Waals surface area contributed by atoms with Crippen LogP contribution in [-0.2, 0) is 0 Å². The monoisotopic (exact) mass is 425 g/mol. The van der Waals surface area contributed by atoms with Gasteiger partial charge in [-0.15, -0.1) is 13.2 Å². The van der Waals surface area contributed by atoms with Crippen molar-refractivity contribution in [3.8, 4) is 28.4 Å². The van der Waals surface area contributed by atoms with Gasteiger partial charge in [0.1, 0.15) is 17.2 Å². The summed E-state index contributed by atoms with van der Waals surface area (Å²) in [5.74, 6) is 2.78. The van der Waals surface area contributed by atoms with Crippen molar-refractivity contribution >= 4 is 5.70 Å². The zero-order chi connectivity index (χ0) is 23.1. The van der Waals surface area contributed by atoms with Crippen LogP contribution in [0.2, 0.25) is 0 Å². The molecular formula is C29H31NO2. The predicted molar refractivity (Wildman–Crippen MR) is 135 cm³/mol. The van der Waals surface area contributed by atoms with Crippen molar-refractivity contribution in [2.75, 3.05) is 6.61 Å². The van der Waals surface area contributed by atoms with Crippen LogP contribution in [0, 0.1) is 0 Å². The molecule has 0 radical (unpaired) electrons. The Balaban J connectivity index is 0.00000141. The largest absolute Gasteiger partial charge is 0.494 e. The summed E-state index contributed by atoms with van der Waals surface area (Å²) in [6, 6.07) is 22.4. The zero-order valence-electron chi connectivity index (χ0n) is 19.1. The Morgan fingerprint density at radius 2 is 1.53 bits per heavy atom. The number of fused-ring (bicyclic) bond motifs is 1. The van der Waals surface area contributed by atoms with E-state index in [0.29, 0.717) is 12.5 Å². The van der Waals surface area contributed by atoms with Gasteiger partial charge in [-0.05, 0) is 73.0 Å². The maximum atomic E-state index is 6.32. The second-order valence-electron chi connectivity index (χ2n) is 7.59. The van der Waals surface area contributed by atoms with Gasteiger partial charge in [-0.3, -0.25) is 0 Å². The predicted octanol–water partition coefficient (Wildman–Crippen LogP) is 7.71. The first-order valence-corrected chi connectivity index (χ1v) is 10.8. The van der Waals surface area contributed by atoms with Crippen molar-refractivity contribution in [1.29, 1.82) is 0 Å². The van der Waals surface area contributed by atoms with Crippen LogP contribution in [-0.4, -0.2) is 6.61 Å². The van der Waals surface area contributed by atoms with E-state index in [-0.39, 0.29) is 0 Å². The summed E-state index contributed by atoms with van der Waals surface area (Å²) < 4.78 is 11.7. The molecule has 0 heterocycles. The summed E-state index contributed by atoms with van der Waals surface area (Å²) in [4.78, 5) is 0. The molecule has 3 aromatic rings. The molecule has 3 heteroatoms. The summed E-state index contributed by atoms with van der Waals surface area (Å²) in [5, 5.41) is 0. The summed E-state index contributed by atoms with van der Waals surface area (Å²) >= 11 is 0. The van der Waals surface area contributed by atoms with Gasteiger partial charge in [0.15, 0.2) is 0 Å². The van der Waals surface area contributed by atoms with Gasteiger partial charge < -0.3 is 15.2 Å². The summed E-state index contributed by atoms with van der Waals surface area (Å²) in [6.07, 6.45) is 4.08. The van der Waals surface area contributed by atoms with E-state index in [0.717, 1.165) is 39.6 Å². The van der Waals surface area contributed by atoms with Crippen LogP contribution in [0.15, 0.2) is 97.6 Å². The molecule has 3 nitrogen and oxygen atoms in total. The van der Waals surface area contributed by atoms with Crippen molar-refractivity contribution in [2.24, 2.45) is 5.73 Å². The van der Waals surface area contributed by atoms with Gasteiger partial charge in [-0.1, -0.05) is 48.9 Å². The van der Waals surface area contributed by atoms with Crippen molar-refractivity contribution < 1.29 is 9.47 Å². The minimum absolute atomic E-state index is 0.328. The molecular weight excluding hydrogens is 394 g/mol. The molecule has 1 unspecified atom stereocenters. The van der Waals surface area contributed by atoms with Gasteiger partial charge in [0.2, 0.25) is 0 Å². The highest BCUT2D eigenvalue weighted by Gasteiger charge is 2.17. The SMILES string of the molecule is C=C.CCOc1ccc(-c2cccc(Oc3ccc4c(c3)C(N)=CC=C(C)C4C)c2)cc1. The molecule has 0 spiro atoms. The van der Waals surface area contributed by atoms with Crippen molar-refractivity contribution in [3.63, 3.8) is 0 Å². The van der Waals surface area contributed by atoms with E-state index in [4.69, 9.17) is 15.2 Å². The standard InChI is InChI=1S/C27H27NO2.C2H4/c1-4-29-22-11-9-20(10-12-22)21-6-5-7-23(16-21)30-24-13-14-25-19(3)18(2)8-15-27(28)26(25)17-24;1-2/h5-17,19H,4,28H2,1-3H3;1-2H2. The Kier molecular flexibility index (Phi) is 7.56. The molecule has 1 aliphatic rings. The maximum Gasteiger partial charge on any atom is 0.128 e. The van der Waals surface area contributed by atoms with Crippen LogP contribution in [0.1, 0.15) is 37.8 Å². The van der Waals surface area contributed by atoms with Gasteiger partial charge in [0.05, 0.1) is 6.61 Å². The van der Waals surface area contributed by atoms with Gasteiger partial charge in [-0.2, -0.15) is 0 Å². The molecule has 164 valence electrons. The third-order valence-corrected chi connectivity index (χ3v) is 5.58. The first-order chi connectivity index (χ1) is 15.5. The van der Waals surface area contributed by atoms with E-state index < -0.39 is 0 Å². The lowest BCUT2D eigenvalue weighted by Gasteiger charge is -2.17. The number of allylic oxidation sites excluding steroid dienone is 3. The van der Waals surface area contributed by atoms with Gasteiger partial charge in [0.25, 0.3) is 0 Å². The lowest BCUT2D eigenvalue weighted by Crippen LogP contribution is -2.03. The van der Waals surface area contributed by atoms with Crippen LogP contribution in [0.25, 0.3) is 16.8 Å². The van der Waals surface area contributed by atoms with Crippen molar-refractivity contribution in [1.82, 2.24) is 0 Å². The fraction of sp³-hybridized carbons (Fsp3) is 0.172. The molecule has 0 fully saturated rings. The average molecular weight is 426 g/mol. The van der Waals surface area contributed by atoms with E-state index in [1.807, 2.05) is 49.4 Å². The summed E-state index contributed by atoms with van der Waals surface area (Å²) in [5.41, 5.74) is 12.9. The number of benzene rings is 3. The maximum absolute atomic E-state index is 6.32. The molecule has 0 aliphatic heterocycles. The van der Waals surface area contributed by atoms with Crippen LogP contribution in [0.5, 0.6) is 17.2 Å². The van der Waals surface area contributed by atoms with E-state index in [9.17, 15) is 0 Å². The van der Waals surface area contributed by atoms with Gasteiger partial charge in [-0.25, -0.2) is 0 Å². The number of nitrogens with two attached hydrogens (primary N) is 1. The quantitative estimate of drug-likeness (QED) is 0.426. The number of hydrogen-bond acceptors (Lipinski definition) is 3. The van der Waals surface area contributed by atoms with Gasteiger partial charge in [0, 0.05) is 17.2 Å². The molecule has 0 amide bonds. The first kappa shape index (κ1) is 23.0. The van der Waals surface area contributed by atoms with Crippen LogP contribution >= 0.6 is 0 Å². The van der Waals surface area contributed by atoms with E-state index >= 15 is 0 Å². The molecule has 0 bridgehead atoms. The topological polar surface area (TPSA) is 44.5 Å². The third kappa shape index (κ3) is 5.12. The first-order valence-electron chi connectivity index (χ1n) is 10.8. The molecule has 4 rings (SSSR count). The smallest absolute Gasteiger partial charge is 0.128 e. The van der Waals surface area contributed by atoms with Crippen LogP contribution in [0.3, 0.4) is 0 Å². The van der Waals surface area contributed by atoms with E-state index in [1.165, 1.54) is 11.1 Å². The normalized spacial score (nSPS) is 14.7. The van der Waals surface area contributed by atoms with Crippen molar-refractivity contribution in [2.45, 2.75) is 26.7 Å². The minimum atomic E-state index is 0.328. The van der Waals surface area contributed by atoms with Crippen molar-refractivity contribution in [3.05, 3.63) is 109 Å². The lowest BCUT2D eigenvalue weighted by molar-refractivity contribution is 0.340. The average Bonchev–Trinajstić information content (AvgIpc) is 2.93. The van der Waals surface area contributed by atoms with E-state index in [1.54, 1.807) is 0 Å². The Bertz CT molecular complexity index is 1130. The molecule has 3 aromatic carbocycles. The Hall–Kier alpha value is -3.72. The number of hydrogen-bond donors (Lipinski definition) is 1. The minimum Gasteiger partial charge on any atom is -0.494 e. The second-order valence-corrected chi connectivity index (χ2v) is 7.59. The number of ether oxygens (including phenoxy) is 2. The van der Waals surface area contributed by atoms with Crippen LogP contribution in [0.4, 0.5) is 0 Å². The highest BCUT2D eigenvalue weighted by Crippen LogP contribution is 2.36. The van der Waals surface area contributed by atoms with Gasteiger partial charge >= 0.3 is 0 Å². The Labute approximate surface area is 191 Å². The molecule has 1 aliphatic carbocycles. The second kappa shape index (κ2) is 10.5. The Morgan fingerprint density at radius 1 is 0.844 bits per heavy atom. The van der Waals surface area contributed by atoms with Crippen LogP contribution < -0.4 is 15.2 Å². The summed E-state index contributed by atoms with van der Waals surface area (Å²) in [6.45, 7) is 13.0.